The minimum absolute atomic E-state index is 0.0180. The Labute approximate surface area is 226 Å². The second kappa shape index (κ2) is 14.2. The quantitative estimate of drug-likeness (QED) is 0.196. The lowest BCUT2D eigenvalue weighted by Crippen LogP contribution is -2.46. The molecule has 2 aliphatic carbocycles. The fourth-order valence-corrected chi connectivity index (χ4v) is 7.66. The van der Waals surface area contributed by atoms with Gasteiger partial charge in [0.05, 0.1) is 12.3 Å². The van der Waals surface area contributed by atoms with Crippen molar-refractivity contribution in [3.8, 4) is 0 Å². The summed E-state index contributed by atoms with van der Waals surface area (Å²) >= 11 is 10.7. The summed E-state index contributed by atoms with van der Waals surface area (Å²) in [6.07, 6.45) is 13.4. The van der Waals surface area contributed by atoms with Crippen LogP contribution in [0.3, 0.4) is 0 Å². The van der Waals surface area contributed by atoms with Gasteiger partial charge in [-0.3, -0.25) is 15.1 Å². The van der Waals surface area contributed by atoms with Gasteiger partial charge in [0.15, 0.2) is 5.96 Å². The van der Waals surface area contributed by atoms with Crippen molar-refractivity contribution in [3.63, 3.8) is 0 Å². The number of nitrogens with one attached hydrogen (secondary N) is 1. The molecule has 8 unspecified atom stereocenters. The van der Waals surface area contributed by atoms with E-state index in [0.717, 1.165) is 77.4 Å². The molecule has 0 saturated heterocycles. The topological polar surface area (TPSA) is 80.0 Å². The van der Waals surface area contributed by atoms with Gasteiger partial charge in [0, 0.05) is 22.0 Å². The molecule has 8 atom stereocenters. The summed E-state index contributed by atoms with van der Waals surface area (Å²) in [5.41, 5.74) is 6.16. The predicted octanol–water partition coefficient (Wildman–Crippen LogP) is 5.43. The highest BCUT2D eigenvalue weighted by atomic mass is 79.9. The van der Waals surface area contributed by atoms with Crippen molar-refractivity contribution in [2.45, 2.75) is 101 Å². The molecule has 6 nitrogen and oxygen atoms in total. The number of halogens is 2. The first-order valence-corrected chi connectivity index (χ1v) is 15.1. The standard InChI is InChI=1S/C27H46BrClN4O2/c1-4-33(5-2)14-7-8-18(3)31-27(30)32-26(34)23-9-6-10-24(29)22(23)12-11-19-16-21(28)17-20-13-15-35-25(19)20/h13,15,18-25H,4-12,14,16-17H2,1-3H3,(H3,30,31,32,34). The number of carbonyl (C=O) groups excluding carboxylic acids is 1. The molecule has 0 radical (unpaired) electrons. The summed E-state index contributed by atoms with van der Waals surface area (Å²) in [6.45, 7) is 9.64. The Hall–Kier alpha value is -0.790. The van der Waals surface area contributed by atoms with Crippen LogP contribution in [0.15, 0.2) is 17.3 Å². The van der Waals surface area contributed by atoms with Crippen molar-refractivity contribution < 1.29 is 9.53 Å². The first kappa shape index (κ1) is 28.8. The molecule has 2 fully saturated rings. The van der Waals surface area contributed by atoms with Gasteiger partial charge < -0.3 is 15.4 Å². The van der Waals surface area contributed by atoms with Crippen molar-refractivity contribution in [2.75, 3.05) is 19.6 Å². The highest BCUT2D eigenvalue weighted by Gasteiger charge is 2.41. The van der Waals surface area contributed by atoms with E-state index < -0.39 is 0 Å². The van der Waals surface area contributed by atoms with E-state index in [1.165, 1.54) is 0 Å². The second-order valence-electron chi connectivity index (χ2n) is 10.7. The summed E-state index contributed by atoms with van der Waals surface area (Å²) in [4.78, 5) is 20.7. The van der Waals surface area contributed by atoms with Crippen molar-refractivity contribution >= 4 is 39.4 Å². The zero-order valence-electron chi connectivity index (χ0n) is 21.8. The van der Waals surface area contributed by atoms with Gasteiger partial charge in [-0.2, -0.15) is 0 Å². The third kappa shape index (κ3) is 8.36. The van der Waals surface area contributed by atoms with Crippen LogP contribution in [0.2, 0.25) is 0 Å². The highest BCUT2D eigenvalue weighted by Crippen LogP contribution is 2.44. The van der Waals surface area contributed by atoms with Crippen LogP contribution in [-0.4, -0.2) is 58.8 Å². The van der Waals surface area contributed by atoms with Gasteiger partial charge in [-0.25, -0.2) is 0 Å². The number of amides is 1. The fourth-order valence-electron chi connectivity index (χ4n) is 6.29. The Bertz CT molecular complexity index is 732. The Kier molecular flexibility index (Phi) is 11.7. The van der Waals surface area contributed by atoms with Crippen molar-refractivity contribution in [2.24, 2.45) is 34.4 Å². The molecule has 3 aliphatic rings. The molecular formula is C27H46BrClN4O2. The first-order valence-electron chi connectivity index (χ1n) is 13.8. The van der Waals surface area contributed by atoms with E-state index in [9.17, 15) is 4.79 Å². The molecule has 1 aliphatic heterocycles. The molecule has 200 valence electrons. The Morgan fingerprint density at radius 2 is 2.06 bits per heavy atom. The smallest absolute Gasteiger partial charge is 0.230 e. The van der Waals surface area contributed by atoms with Crippen LogP contribution in [0, 0.1) is 23.7 Å². The van der Waals surface area contributed by atoms with Crippen LogP contribution in [-0.2, 0) is 9.53 Å². The molecule has 1 heterocycles. The molecule has 0 spiro atoms. The van der Waals surface area contributed by atoms with Crippen LogP contribution < -0.4 is 11.1 Å². The van der Waals surface area contributed by atoms with E-state index in [-0.39, 0.29) is 41.2 Å². The van der Waals surface area contributed by atoms with Crippen LogP contribution in [0.1, 0.15) is 78.6 Å². The maximum atomic E-state index is 13.2. The van der Waals surface area contributed by atoms with Crippen molar-refractivity contribution in [1.29, 1.82) is 0 Å². The molecule has 35 heavy (non-hydrogen) atoms. The molecule has 0 bridgehead atoms. The van der Waals surface area contributed by atoms with Crippen molar-refractivity contribution in [3.05, 3.63) is 12.3 Å². The number of nitrogens with zero attached hydrogens (tertiary/aromatic N) is 2. The normalized spacial score (nSPS) is 33.9. The van der Waals surface area contributed by atoms with E-state index in [0.29, 0.717) is 16.7 Å². The van der Waals surface area contributed by atoms with E-state index in [2.05, 4.69) is 58.0 Å². The SMILES string of the molecule is CCN(CC)CCCC(C)N=C(N)NC(=O)C1CCCC(Cl)C1CCC1CC(Br)CC2C=COC21. The number of rotatable bonds is 11. The maximum Gasteiger partial charge on any atom is 0.230 e. The summed E-state index contributed by atoms with van der Waals surface area (Å²) in [7, 11) is 0. The van der Waals surface area contributed by atoms with Crippen LogP contribution in [0.5, 0.6) is 0 Å². The molecule has 2 saturated carbocycles. The lowest BCUT2D eigenvalue weighted by Gasteiger charge is -2.38. The summed E-state index contributed by atoms with van der Waals surface area (Å²) < 4.78 is 5.95. The number of ether oxygens (including phenoxy) is 1. The third-order valence-electron chi connectivity index (χ3n) is 8.32. The lowest BCUT2D eigenvalue weighted by molar-refractivity contribution is -0.126. The largest absolute Gasteiger partial charge is 0.497 e. The van der Waals surface area contributed by atoms with Crippen LogP contribution >= 0.6 is 27.5 Å². The van der Waals surface area contributed by atoms with E-state index in [1.807, 2.05) is 6.26 Å². The molecule has 0 aromatic carbocycles. The Balaban J connectivity index is 1.51. The molecule has 0 aromatic rings. The van der Waals surface area contributed by atoms with E-state index in [1.54, 1.807) is 0 Å². The number of fused-ring (bicyclic) bond motifs is 1. The number of guanidine groups is 1. The van der Waals surface area contributed by atoms with Gasteiger partial charge in [0.1, 0.15) is 6.10 Å². The zero-order chi connectivity index (χ0) is 25.4. The van der Waals surface area contributed by atoms with Gasteiger partial charge in [-0.15, -0.1) is 11.6 Å². The summed E-state index contributed by atoms with van der Waals surface area (Å²) in [5, 5.41) is 2.94. The second-order valence-corrected chi connectivity index (χ2v) is 12.6. The number of carbonyl (C=O) groups is 1. The first-order chi connectivity index (χ1) is 16.8. The zero-order valence-corrected chi connectivity index (χ0v) is 24.1. The molecule has 3 rings (SSSR count). The average molecular weight is 574 g/mol. The maximum absolute atomic E-state index is 13.2. The minimum Gasteiger partial charge on any atom is -0.497 e. The molecule has 0 aromatic heterocycles. The molecule has 3 N–H and O–H groups in total. The molecule has 8 heteroatoms. The van der Waals surface area contributed by atoms with E-state index in [4.69, 9.17) is 22.1 Å². The van der Waals surface area contributed by atoms with Crippen molar-refractivity contribution in [1.82, 2.24) is 10.2 Å². The van der Waals surface area contributed by atoms with Gasteiger partial charge in [0.25, 0.3) is 0 Å². The average Bonchev–Trinajstić information content (AvgIpc) is 3.29. The number of alkyl halides is 2. The monoisotopic (exact) mass is 572 g/mol. The van der Waals surface area contributed by atoms with Crippen LogP contribution in [0.25, 0.3) is 0 Å². The van der Waals surface area contributed by atoms with Gasteiger partial charge in [-0.05, 0) is 95.8 Å². The Morgan fingerprint density at radius 3 is 2.80 bits per heavy atom. The van der Waals surface area contributed by atoms with Crippen LogP contribution in [0.4, 0.5) is 0 Å². The predicted molar refractivity (Wildman–Crippen MR) is 149 cm³/mol. The molecule has 1 amide bonds. The van der Waals surface area contributed by atoms with Gasteiger partial charge in [0.2, 0.25) is 5.91 Å². The molecular weight excluding hydrogens is 528 g/mol. The Morgan fingerprint density at radius 1 is 1.29 bits per heavy atom. The third-order valence-corrected chi connectivity index (χ3v) is 9.61. The van der Waals surface area contributed by atoms with E-state index >= 15 is 0 Å². The fraction of sp³-hybridized carbons (Fsp3) is 0.852. The minimum atomic E-state index is -0.111. The highest BCUT2D eigenvalue weighted by molar-refractivity contribution is 9.09. The number of nitrogens with two attached hydrogens (primary N) is 1. The number of hydrogen-bond donors (Lipinski definition) is 2. The summed E-state index contributed by atoms with van der Waals surface area (Å²) in [6, 6.07) is 0.0882. The number of hydrogen-bond acceptors (Lipinski definition) is 4. The lowest BCUT2D eigenvalue weighted by atomic mass is 9.72. The van der Waals surface area contributed by atoms with Gasteiger partial charge in [-0.1, -0.05) is 36.2 Å². The summed E-state index contributed by atoms with van der Waals surface area (Å²) in [5.74, 6) is 1.26. The number of aliphatic imine (C=N–C) groups is 1. The van der Waals surface area contributed by atoms with Gasteiger partial charge >= 0.3 is 0 Å².